The van der Waals surface area contributed by atoms with Crippen LogP contribution in [0, 0.1) is 13.8 Å². The van der Waals surface area contributed by atoms with Crippen molar-refractivity contribution in [2.75, 3.05) is 11.5 Å². The van der Waals surface area contributed by atoms with E-state index in [1.807, 2.05) is 73.1 Å². The van der Waals surface area contributed by atoms with Crippen molar-refractivity contribution in [2.45, 2.75) is 20.4 Å². The summed E-state index contributed by atoms with van der Waals surface area (Å²) in [6.07, 6.45) is 3.40. The number of anilines is 1. The van der Waals surface area contributed by atoms with E-state index in [4.69, 9.17) is 16.3 Å². The van der Waals surface area contributed by atoms with E-state index in [0.717, 1.165) is 32.7 Å². The number of carbonyl (C=O) groups is 3. The van der Waals surface area contributed by atoms with Gasteiger partial charge < -0.3 is 9.30 Å². The van der Waals surface area contributed by atoms with Gasteiger partial charge in [-0.25, -0.2) is 9.69 Å². The largest absolute Gasteiger partial charge is 0.491 e. The van der Waals surface area contributed by atoms with Gasteiger partial charge in [0.1, 0.15) is 17.9 Å². The average molecular weight is 514 g/mol. The number of amides is 4. The molecule has 0 saturated carbocycles. The molecule has 1 saturated heterocycles. The zero-order chi connectivity index (χ0) is 26.1. The van der Waals surface area contributed by atoms with Crippen LogP contribution in [0.3, 0.4) is 0 Å². The Kier molecular flexibility index (Phi) is 6.54. The molecule has 8 heteroatoms. The van der Waals surface area contributed by atoms with Gasteiger partial charge in [0.05, 0.1) is 12.2 Å². The summed E-state index contributed by atoms with van der Waals surface area (Å²) in [6.45, 7) is 4.82. The van der Waals surface area contributed by atoms with Gasteiger partial charge in [-0.05, 0) is 55.3 Å². The molecule has 0 radical (unpaired) electrons. The molecule has 1 N–H and O–H groups in total. The predicted octanol–water partition coefficient (Wildman–Crippen LogP) is 5.66. The molecule has 1 aliphatic heterocycles. The first-order chi connectivity index (χ1) is 17.8. The molecular formula is C29H24ClN3O4. The van der Waals surface area contributed by atoms with E-state index >= 15 is 0 Å². The number of barbiturate groups is 1. The first-order valence-electron chi connectivity index (χ1n) is 11.8. The summed E-state index contributed by atoms with van der Waals surface area (Å²) in [5, 5.41) is 3.55. The third-order valence-electron chi connectivity index (χ3n) is 6.32. The van der Waals surface area contributed by atoms with Gasteiger partial charge in [0.25, 0.3) is 11.8 Å². The number of aryl methyl sites for hydroxylation is 2. The van der Waals surface area contributed by atoms with Gasteiger partial charge in [-0.15, -0.1) is 0 Å². The fourth-order valence-electron chi connectivity index (χ4n) is 4.32. The summed E-state index contributed by atoms with van der Waals surface area (Å²) in [6, 6.07) is 19.6. The van der Waals surface area contributed by atoms with Crippen LogP contribution in [0.15, 0.2) is 78.5 Å². The molecule has 5 rings (SSSR count). The quantitative estimate of drug-likeness (QED) is 0.266. The molecule has 7 nitrogen and oxygen atoms in total. The number of para-hydroxylation sites is 2. The van der Waals surface area contributed by atoms with Gasteiger partial charge in [0, 0.05) is 27.7 Å². The number of carbonyl (C=O) groups excluding carboxylic acids is 3. The smallest absolute Gasteiger partial charge is 0.335 e. The molecule has 4 amide bonds. The molecule has 0 bridgehead atoms. The zero-order valence-electron chi connectivity index (χ0n) is 20.3. The Balaban J connectivity index is 1.46. The zero-order valence-corrected chi connectivity index (χ0v) is 21.1. The van der Waals surface area contributed by atoms with Gasteiger partial charge >= 0.3 is 6.03 Å². The second-order valence-electron chi connectivity index (χ2n) is 8.80. The molecular weight excluding hydrogens is 490 g/mol. The highest BCUT2D eigenvalue weighted by Crippen LogP contribution is 2.29. The number of hydrogen-bond acceptors (Lipinski definition) is 4. The molecule has 186 valence electrons. The van der Waals surface area contributed by atoms with Gasteiger partial charge in [-0.1, -0.05) is 54.1 Å². The third-order valence-corrected chi connectivity index (χ3v) is 6.73. The lowest BCUT2D eigenvalue weighted by atomic mass is 10.1. The number of urea groups is 1. The van der Waals surface area contributed by atoms with Crippen molar-refractivity contribution < 1.29 is 19.1 Å². The second kappa shape index (κ2) is 9.95. The van der Waals surface area contributed by atoms with Gasteiger partial charge in [0.15, 0.2) is 0 Å². The Morgan fingerprint density at radius 2 is 1.70 bits per heavy atom. The maximum absolute atomic E-state index is 13.4. The van der Waals surface area contributed by atoms with Gasteiger partial charge in [-0.2, -0.15) is 0 Å². The predicted molar refractivity (Wildman–Crippen MR) is 144 cm³/mol. The number of nitrogens with zero attached hydrogens (tertiary/aromatic N) is 2. The molecule has 3 aromatic carbocycles. The molecule has 0 spiro atoms. The van der Waals surface area contributed by atoms with Gasteiger partial charge in [0.2, 0.25) is 0 Å². The highest BCUT2D eigenvalue weighted by atomic mass is 35.5. The van der Waals surface area contributed by atoms with E-state index in [1.54, 1.807) is 12.1 Å². The Hall–Kier alpha value is -4.36. The number of aromatic nitrogens is 1. The monoisotopic (exact) mass is 513 g/mol. The lowest BCUT2D eigenvalue weighted by molar-refractivity contribution is -0.122. The number of nitrogens with one attached hydrogen (secondary N) is 1. The Bertz CT molecular complexity index is 1590. The lowest BCUT2D eigenvalue weighted by Gasteiger charge is -2.26. The van der Waals surface area contributed by atoms with Crippen molar-refractivity contribution in [1.82, 2.24) is 9.88 Å². The highest BCUT2D eigenvalue weighted by Gasteiger charge is 2.37. The molecule has 1 fully saturated rings. The first kappa shape index (κ1) is 24.3. The number of halogens is 1. The van der Waals surface area contributed by atoms with Crippen molar-refractivity contribution in [1.29, 1.82) is 0 Å². The molecule has 1 aliphatic rings. The van der Waals surface area contributed by atoms with E-state index in [2.05, 4.69) is 5.32 Å². The highest BCUT2D eigenvalue weighted by molar-refractivity contribution is 6.39. The third kappa shape index (κ3) is 4.73. The standard InChI is InChI=1S/C29H24ClN3O4/c1-18-11-12-21(16-24(18)30)33-28(35)23(27(34)31-29(33)36)15-20-17-32(25-9-5-4-8-22(20)25)13-14-37-26-10-6-3-7-19(26)2/h3-12,15-17H,13-14H2,1-2H3,(H,31,34,36)/b23-15-. The fourth-order valence-corrected chi connectivity index (χ4v) is 4.49. The average Bonchev–Trinajstić information content (AvgIpc) is 3.22. The first-order valence-corrected chi connectivity index (χ1v) is 12.1. The van der Waals surface area contributed by atoms with Crippen molar-refractivity contribution in [3.05, 3.63) is 100 Å². The van der Waals surface area contributed by atoms with E-state index in [1.165, 1.54) is 12.1 Å². The molecule has 0 atom stereocenters. The van der Waals surface area contributed by atoms with E-state index in [-0.39, 0.29) is 11.3 Å². The number of benzene rings is 3. The van der Waals surface area contributed by atoms with Crippen LogP contribution in [0.2, 0.25) is 5.02 Å². The lowest BCUT2D eigenvalue weighted by Crippen LogP contribution is -2.54. The molecule has 0 aliphatic carbocycles. The Morgan fingerprint density at radius 1 is 0.946 bits per heavy atom. The van der Waals surface area contributed by atoms with Crippen LogP contribution in [0.4, 0.5) is 10.5 Å². The number of imide groups is 2. The SMILES string of the molecule is Cc1ccc(N2C(=O)NC(=O)/C(=C/c3cn(CCOc4ccccc4C)c4ccccc34)C2=O)cc1Cl. The number of rotatable bonds is 6. The topological polar surface area (TPSA) is 80.6 Å². The van der Waals surface area contributed by atoms with Crippen LogP contribution in [-0.4, -0.2) is 29.0 Å². The maximum atomic E-state index is 13.4. The van der Waals surface area contributed by atoms with Crippen molar-refractivity contribution in [2.24, 2.45) is 0 Å². The Morgan fingerprint density at radius 3 is 2.49 bits per heavy atom. The van der Waals surface area contributed by atoms with Crippen LogP contribution in [0.1, 0.15) is 16.7 Å². The number of hydrogen-bond donors (Lipinski definition) is 1. The molecule has 4 aromatic rings. The van der Waals surface area contributed by atoms with Crippen molar-refractivity contribution in [3.63, 3.8) is 0 Å². The van der Waals surface area contributed by atoms with E-state index < -0.39 is 17.8 Å². The van der Waals surface area contributed by atoms with Crippen LogP contribution in [0.5, 0.6) is 5.75 Å². The van der Waals surface area contributed by atoms with Crippen LogP contribution >= 0.6 is 11.6 Å². The molecule has 0 unspecified atom stereocenters. The minimum Gasteiger partial charge on any atom is -0.491 e. The minimum absolute atomic E-state index is 0.143. The van der Waals surface area contributed by atoms with E-state index in [0.29, 0.717) is 23.7 Å². The summed E-state index contributed by atoms with van der Waals surface area (Å²) >= 11 is 6.22. The maximum Gasteiger partial charge on any atom is 0.335 e. The summed E-state index contributed by atoms with van der Waals surface area (Å²) in [7, 11) is 0. The van der Waals surface area contributed by atoms with Crippen LogP contribution in [-0.2, 0) is 16.1 Å². The molecule has 37 heavy (non-hydrogen) atoms. The molecule has 2 heterocycles. The normalized spacial score (nSPS) is 14.9. The number of ether oxygens (including phenoxy) is 1. The summed E-state index contributed by atoms with van der Waals surface area (Å²) in [5.41, 5.74) is 3.62. The van der Waals surface area contributed by atoms with Crippen LogP contribution < -0.4 is 15.0 Å². The van der Waals surface area contributed by atoms with Crippen molar-refractivity contribution >= 4 is 52.1 Å². The van der Waals surface area contributed by atoms with Crippen molar-refractivity contribution in [3.8, 4) is 5.75 Å². The van der Waals surface area contributed by atoms with Crippen LogP contribution in [0.25, 0.3) is 17.0 Å². The minimum atomic E-state index is -0.817. The van der Waals surface area contributed by atoms with Gasteiger partial charge in [-0.3, -0.25) is 14.9 Å². The Labute approximate surface area is 218 Å². The summed E-state index contributed by atoms with van der Waals surface area (Å²) in [4.78, 5) is 39.6. The van der Waals surface area contributed by atoms with E-state index in [9.17, 15) is 14.4 Å². The molecule has 1 aromatic heterocycles. The fraction of sp³-hybridized carbons (Fsp3) is 0.138. The number of fused-ring (bicyclic) bond motifs is 1. The summed E-state index contributed by atoms with van der Waals surface area (Å²) < 4.78 is 7.99. The second-order valence-corrected chi connectivity index (χ2v) is 9.21. The summed E-state index contributed by atoms with van der Waals surface area (Å²) in [5.74, 6) is -0.635.